The lowest BCUT2D eigenvalue weighted by atomic mass is 9.49. The van der Waals surface area contributed by atoms with Gasteiger partial charge in [-0.2, -0.15) is 5.26 Å². The molecule has 0 radical (unpaired) electrons. The van der Waals surface area contributed by atoms with Crippen LogP contribution in [0.2, 0.25) is 0 Å². The first-order valence-corrected chi connectivity index (χ1v) is 9.21. The topological polar surface area (TPSA) is 36.7 Å². The second kappa shape index (κ2) is 5.49. The molecule has 1 heterocycles. The van der Waals surface area contributed by atoms with E-state index in [1.807, 2.05) is 0 Å². The van der Waals surface area contributed by atoms with Crippen molar-refractivity contribution in [1.82, 2.24) is 4.98 Å². The van der Waals surface area contributed by atoms with E-state index in [0.29, 0.717) is 35.0 Å². The van der Waals surface area contributed by atoms with Crippen LogP contribution in [0.5, 0.6) is 0 Å². The molecule has 3 atom stereocenters. The number of fused-ring (bicyclic) bond motifs is 1. The zero-order valence-corrected chi connectivity index (χ0v) is 14.9. The molecule has 2 aliphatic carbocycles. The predicted octanol–water partition coefficient (Wildman–Crippen LogP) is 5.33. The summed E-state index contributed by atoms with van der Waals surface area (Å²) in [4.78, 5) is 4.79. The van der Waals surface area contributed by atoms with E-state index in [4.69, 9.17) is 10.2 Å². The largest absolute Gasteiger partial charge is 0.245 e. The molecule has 2 aliphatic rings. The van der Waals surface area contributed by atoms with Crippen molar-refractivity contribution in [1.29, 1.82) is 5.26 Å². The third kappa shape index (κ3) is 2.63. The van der Waals surface area contributed by atoms with E-state index in [0.717, 1.165) is 11.4 Å². The van der Waals surface area contributed by atoms with Crippen molar-refractivity contribution in [2.24, 2.45) is 22.7 Å². The van der Waals surface area contributed by atoms with Crippen LogP contribution in [0.1, 0.15) is 63.6 Å². The quantitative estimate of drug-likeness (QED) is 0.692. The first kappa shape index (κ1) is 15.7. The fourth-order valence-electron chi connectivity index (χ4n) is 4.59. The third-order valence-corrected chi connectivity index (χ3v) is 6.82. The molecule has 118 valence electrons. The van der Waals surface area contributed by atoms with E-state index in [-0.39, 0.29) is 0 Å². The average molecular weight is 314 g/mol. The Morgan fingerprint density at radius 1 is 1.27 bits per heavy atom. The van der Waals surface area contributed by atoms with Gasteiger partial charge in [0.05, 0.1) is 18.2 Å². The fraction of sp³-hybridized carbons (Fsp3) is 0.684. The van der Waals surface area contributed by atoms with Crippen LogP contribution in [0.4, 0.5) is 0 Å². The van der Waals surface area contributed by atoms with Crippen LogP contribution in [-0.2, 0) is 6.42 Å². The maximum atomic E-state index is 8.88. The van der Waals surface area contributed by atoms with E-state index in [1.165, 1.54) is 18.5 Å². The number of hydrogen-bond acceptors (Lipinski definition) is 3. The Morgan fingerprint density at radius 2 is 2.00 bits per heavy atom. The normalized spacial score (nSPS) is 32.2. The van der Waals surface area contributed by atoms with Gasteiger partial charge < -0.3 is 0 Å². The number of aromatic nitrogens is 1. The Hall–Kier alpha value is -1.14. The first-order valence-electron chi connectivity index (χ1n) is 8.33. The highest BCUT2D eigenvalue weighted by molar-refractivity contribution is 7.09. The van der Waals surface area contributed by atoms with Gasteiger partial charge in [-0.25, -0.2) is 4.98 Å². The van der Waals surface area contributed by atoms with Gasteiger partial charge in [0.25, 0.3) is 0 Å². The van der Waals surface area contributed by atoms with Gasteiger partial charge in [0.1, 0.15) is 5.01 Å². The van der Waals surface area contributed by atoms with Crippen LogP contribution >= 0.6 is 11.3 Å². The van der Waals surface area contributed by atoms with Gasteiger partial charge in [0.2, 0.25) is 0 Å². The van der Waals surface area contributed by atoms with Crippen molar-refractivity contribution >= 4 is 11.3 Å². The smallest absolute Gasteiger partial charge is 0.107 e. The van der Waals surface area contributed by atoms with E-state index >= 15 is 0 Å². The molecule has 0 amide bonds. The number of hydrogen-bond donors (Lipinski definition) is 0. The molecular formula is C19H26N2S. The zero-order chi connectivity index (χ0) is 16.0. The van der Waals surface area contributed by atoms with E-state index in [2.05, 4.69) is 51.3 Å². The molecule has 0 aliphatic heterocycles. The molecule has 1 aromatic heterocycles. The van der Waals surface area contributed by atoms with Crippen LogP contribution in [0, 0.1) is 34.0 Å². The minimum Gasteiger partial charge on any atom is -0.245 e. The third-order valence-electron chi connectivity index (χ3n) is 5.95. The maximum absolute atomic E-state index is 8.88. The summed E-state index contributed by atoms with van der Waals surface area (Å²) < 4.78 is 0. The highest BCUT2D eigenvalue weighted by Crippen LogP contribution is 2.59. The second-order valence-corrected chi connectivity index (χ2v) is 9.24. The summed E-state index contributed by atoms with van der Waals surface area (Å²) in [6.45, 7) is 9.73. The molecular weight excluding hydrogens is 288 g/mol. The standard InChI is InChI=1S/C19H26N2S/c1-18(2)9-10-19(3,4)17-13(6-5-7-14(17)18)15-12-22-16(21-15)8-11-20/h5,7,12-14,17H,6,8-10H2,1-4H3. The zero-order valence-electron chi connectivity index (χ0n) is 14.1. The van der Waals surface area contributed by atoms with Crippen LogP contribution in [-0.4, -0.2) is 4.98 Å². The molecule has 22 heavy (non-hydrogen) atoms. The van der Waals surface area contributed by atoms with Gasteiger partial charge in [-0.15, -0.1) is 11.3 Å². The minimum atomic E-state index is 0.356. The van der Waals surface area contributed by atoms with Gasteiger partial charge >= 0.3 is 0 Å². The number of nitrogens with zero attached hydrogens (tertiary/aromatic N) is 2. The van der Waals surface area contributed by atoms with Crippen molar-refractivity contribution in [3.05, 3.63) is 28.2 Å². The molecule has 1 saturated carbocycles. The van der Waals surface area contributed by atoms with Crippen molar-refractivity contribution in [3.8, 4) is 6.07 Å². The van der Waals surface area contributed by atoms with Gasteiger partial charge in [-0.3, -0.25) is 0 Å². The van der Waals surface area contributed by atoms with Crippen LogP contribution in [0.3, 0.4) is 0 Å². The SMILES string of the molecule is CC1(C)CCC(C)(C)C2C(c3csc(CC#N)n3)CC=CC21. The Morgan fingerprint density at radius 3 is 2.73 bits per heavy atom. The monoisotopic (exact) mass is 314 g/mol. The molecule has 0 saturated heterocycles. The summed E-state index contributed by atoms with van der Waals surface area (Å²) in [5, 5.41) is 12.1. The molecule has 1 aromatic rings. The molecule has 2 nitrogen and oxygen atoms in total. The van der Waals surface area contributed by atoms with E-state index in [1.54, 1.807) is 11.3 Å². The van der Waals surface area contributed by atoms with Crippen molar-refractivity contribution in [2.45, 2.75) is 59.3 Å². The summed E-state index contributed by atoms with van der Waals surface area (Å²) in [5.74, 6) is 1.79. The summed E-state index contributed by atoms with van der Waals surface area (Å²) in [7, 11) is 0. The molecule has 3 unspecified atom stereocenters. The summed E-state index contributed by atoms with van der Waals surface area (Å²) in [6.07, 6.45) is 8.98. The highest BCUT2D eigenvalue weighted by Gasteiger charge is 2.51. The highest BCUT2D eigenvalue weighted by atomic mass is 32.1. The van der Waals surface area contributed by atoms with Crippen molar-refractivity contribution in [3.63, 3.8) is 0 Å². The molecule has 3 heteroatoms. The number of nitriles is 1. The molecule has 0 aromatic carbocycles. The van der Waals surface area contributed by atoms with Crippen LogP contribution in [0.25, 0.3) is 0 Å². The van der Waals surface area contributed by atoms with E-state index in [9.17, 15) is 0 Å². The predicted molar refractivity (Wildman–Crippen MR) is 91.7 cm³/mol. The number of rotatable bonds is 2. The lowest BCUT2D eigenvalue weighted by Gasteiger charge is -2.55. The Bertz CT molecular complexity index is 618. The Labute approximate surface area is 138 Å². The van der Waals surface area contributed by atoms with Crippen molar-refractivity contribution in [2.75, 3.05) is 0 Å². The Balaban J connectivity index is 1.97. The lowest BCUT2D eigenvalue weighted by molar-refractivity contribution is -0.0145. The molecule has 0 N–H and O–H groups in total. The first-order chi connectivity index (χ1) is 10.3. The molecule has 1 fully saturated rings. The van der Waals surface area contributed by atoms with Gasteiger partial charge in [0.15, 0.2) is 0 Å². The number of thiazole rings is 1. The van der Waals surface area contributed by atoms with Gasteiger partial charge in [0, 0.05) is 11.3 Å². The summed E-state index contributed by atoms with van der Waals surface area (Å²) in [6, 6.07) is 2.22. The number of allylic oxidation sites excluding steroid dienone is 2. The van der Waals surface area contributed by atoms with Crippen LogP contribution < -0.4 is 0 Å². The summed E-state index contributed by atoms with van der Waals surface area (Å²) >= 11 is 1.65. The second-order valence-electron chi connectivity index (χ2n) is 8.30. The fourth-order valence-corrected chi connectivity index (χ4v) is 5.38. The molecule has 3 rings (SSSR count). The minimum absolute atomic E-state index is 0.356. The van der Waals surface area contributed by atoms with Crippen LogP contribution in [0.15, 0.2) is 17.5 Å². The maximum Gasteiger partial charge on any atom is 0.107 e. The lowest BCUT2D eigenvalue weighted by Crippen LogP contribution is -2.47. The molecule has 0 bridgehead atoms. The Kier molecular flexibility index (Phi) is 3.93. The molecule has 0 spiro atoms. The van der Waals surface area contributed by atoms with Crippen molar-refractivity contribution < 1.29 is 0 Å². The average Bonchev–Trinajstić information content (AvgIpc) is 2.92. The summed E-state index contributed by atoms with van der Waals surface area (Å²) in [5.41, 5.74) is 1.95. The van der Waals surface area contributed by atoms with Gasteiger partial charge in [-0.1, -0.05) is 39.8 Å². The van der Waals surface area contributed by atoms with E-state index < -0.39 is 0 Å². The van der Waals surface area contributed by atoms with Gasteiger partial charge in [-0.05, 0) is 41.9 Å².